The lowest BCUT2D eigenvalue weighted by Gasteiger charge is -2.31. The highest BCUT2D eigenvalue weighted by Gasteiger charge is 2.30. The molecule has 2 aromatic rings. The van der Waals surface area contributed by atoms with Crippen LogP contribution in [-0.2, 0) is 26.2 Å². The molecule has 0 unspecified atom stereocenters. The molecule has 0 aliphatic carbocycles. The van der Waals surface area contributed by atoms with Crippen molar-refractivity contribution in [1.29, 1.82) is 0 Å². The van der Waals surface area contributed by atoms with Gasteiger partial charge in [-0.05, 0) is 78.8 Å². The largest absolute Gasteiger partial charge is 0.355 e. The molecule has 1 atom stereocenters. The molecule has 0 heterocycles. The Bertz CT molecular complexity index is 1030. The van der Waals surface area contributed by atoms with Crippen molar-refractivity contribution in [1.82, 2.24) is 10.2 Å². The van der Waals surface area contributed by atoms with Crippen LogP contribution in [0.25, 0.3) is 0 Å². The fourth-order valence-corrected chi connectivity index (χ4v) is 4.31. The van der Waals surface area contributed by atoms with E-state index in [1.807, 2.05) is 31.2 Å². The first-order chi connectivity index (χ1) is 14.5. The Morgan fingerprint density at radius 1 is 1.10 bits per heavy atom. The van der Waals surface area contributed by atoms with Gasteiger partial charge in [0.2, 0.25) is 21.8 Å². The number of carbonyl (C=O) groups is 2. The van der Waals surface area contributed by atoms with E-state index in [1.165, 1.54) is 4.90 Å². The van der Waals surface area contributed by atoms with Crippen molar-refractivity contribution in [3.63, 3.8) is 0 Å². The number of hydrogen-bond acceptors (Lipinski definition) is 4. The van der Waals surface area contributed by atoms with Crippen LogP contribution in [0.2, 0.25) is 0 Å². The van der Waals surface area contributed by atoms with Crippen LogP contribution in [0.1, 0.15) is 25.0 Å². The Labute approximate surface area is 198 Å². The third kappa shape index (κ3) is 6.93. The molecule has 168 valence electrons. The summed E-state index contributed by atoms with van der Waals surface area (Å²) in [6, 6.07) is 13.7. The number of sulfonamides is 1. The lowest BCUT2D eigenvalue weighted by Crippen LogP contribution is -2.51. The van der Waals surface area contributed by atoms with Crippen LogP contribution in [-0.4, -0.2) is 50.5 Å². The molecule has 0 spiro atoms. The van der Waals surface area contributed by atoms with Gasteiger partial charge in [0.15, 0.2) is 0 Å². The molecule has 1 N–H and O–H groups in total. The molecule has 2 rings (SSSR count). The Kier molecular flexibility index (Phi) is 8.87. The van der Waals surface area contributed by atoms with Gasteiger partial charge in [-0.25, -0.2) is 8.42 Å². The number of benzene rings is 2. The van der Waals surface area contributed by atoms with E-state index in [1.54, 1.807) is 38.1 Å². The van der Waals surface area contributed by atoms with Gasteiger partial charge in [0.1, 0.15) is 12.6 Å². The zero-order valence-electron chi connectivity index (χ0n) is 18.1. The van der Waals surface area contributed by atoms with Gasteiger partial charge in [-0.3, -0.25) is 13.9 Å². The number of carbonyl (C=O) groups excluding carboxylic acids is 2. The fraction of sp³-hybridized carbons (Fsp3) is 0.364. The molecule has 0 saturated heterocycles. The third-order valence-electron chi connectivity index (χ3n) is 4.91. The maximum atomic E-state index is 13.3. The van der Waals surface area contributed by atoms with Crippen molar-refractivity contribution in [2.75, 3.05) is 23.7 Å². The van der Waals surface area contributed by atoms with Gasteiger partial charge in [-0.2, -0.15) is 0 Å². The third-order valence-corrected chi connectivity index (χ3v) is 6.77. The molecule has 0 aliphatic heterocycles. The summed E-state index contributed by atoms with van der Waals surface area (Å²) in [4.78, 5) is 27.3. The molecule has 0 saturated carbocycles. The minimum absolute atomic E-state index is 0.202. The summed E-state index contributed by atoms with van der Waals surface area (Å²) in [5.41, 5.74) is 2.28. The summed E-state index contributed by atoms with van der Waals surface area (Å²) in [6.45, 7) is 5.64. The van der Waals surface area contributed by atoms with Gasteiger partial charge in [0, 0.05) is 16.7 Å². The number of nitrogens with one attached hydrogen (secondary N) is 1. The minimum Gasteiger partial charge on any atom is -0.355 e. The van der Waals surface area contributed by atoms with Crippen molar-refractivity contribution in [2.24, 2.45) is 0 Å². The smallest absolute Gasteiger partial charge is 0.244 e. The van der Waals surface area contributed by atoms with Crippen molar-refractivity contribution < 1.29 is 18.0 Å². The number of aryl methyl sites for hydroxylation is 1. The van der Waals surface area contributed by atoms with Gasteiger partial charge in [-0.15, -0.1) is 0 Å². The van der Waals surface area contributed by atoms with E-state index in [9.17, 15) is 18.0 Å². The van der Waals surface area contributed by atoms with Crippen molar-refractivity contribution >= 4 is 50.1 Å². The second-order valence-electron chi connectivity index (χ2n) is 7.26. The zero-order chi connectivity index (χ0) is 23.2. The van der Waals surface area contributed by atoms with Crippen LogP contribution in [0.4, 0.5) is 5.69 Å². The van der Waals surface area contributed by atoms with E-state index in [0.29, 0.717) is 12.2 Å². The lowest BCUT2D eigenvalue weighted by molar-refractivity contribution is -0.139. The molecule has 0 radical (unpaired) electrons. The SMILES string of the molecule is CCNC(=O)[C@H](C)N(Cc1ccccc1C)C(=O)CN(c1ccc(I)cc1)S(C)(=O)=O. The Balaban J connectivity index is 2.38. The predicted molar refractivity (Wildman–Crippen MR) is 131 cm³/mol. The number of hydrogen-bond donors (Lipinski definition) is 1. The fourth-order valence-electron chi connectivity index (χ4n) is 3.10. The molecular formula is C22H28IN3O4S. The normalized spacial score (nSPS) is 12.2. The molecule has 0 aliphatic rings. The Hall–Kier alpha value is -2.14. The van der Waals surface area contributed by atoms with Crippen LogP contribution in [0.15, 0.2) is 48.5 Å². The molecule has 9 heteroatoms. The van der Waals surface area contributed by atoms with Crippen LogP contribution in [0.3, 0.4) is 0 Å². The summed E-state index contributed by atoms with van der Waals surface area (Å²) >= 11 is 2.13. The van der Waals surface area contributed by atoms with Crippen molar-refractivity contribution in [3.05, 3.63) is 63.2 Å². The van der Waals surface area contributed by atoms with E-state index in [0.717, 1.165) is 25.3 Å². The molecule has 0 fully saturated rings. The van der Waals surface area contributed by atoms with Gasteiger partial charge >= 0.3 is 0 Å². The highest BCUT2D eigenvalue weighted by atomic mass is 127. The number of rotatable bonds is 9. The van der Waals surface area contributed by atoms with E-state index in [-0.39, 0.29) is 12.5 Å². The molecule has 2 aromatic carbocycles. The van der Waals surface area contributed by atoms with Crippen LogP contribution >= 0.6 is 22.6 Å². The summed E-state index contributed by atoms with van der Waals surface area (Å²) in [5, 5.41) is 2.74. The second-order valence-corrected chi connectivity index (χ2v) is 10.4. The van der Waals surface area contributed by atoms with Crippen molar-refractivity contribution in [3.8, 4) is 0 Å². The zero-order valence-corrected chi connectivity index (χ0v) is 21.1. The van der Waals surface area contributed by atoms with E-state index in [4.69, 9.17) is 0 Å². The Morgan fingerprint density at radius 3 is 2.26 bits per heavy atom. The Morgan fingerprint density at radius 2 is 1.71 bits per heavy atom. The van der Waals surface area contributed by atoms with Gasteiger partial charge < -0.3 is 10.2 Å². The number of anilines is 1. The molecule has 0 bridgehead atoms. The first kappa shape index (κ1) is 25.1. The average molecular weight is 557 g/mol. The summed E-state index contributed by atoms with van der Waals surface area (Å²) < 4.78 is 27.0. The number of amides is 2. The van der Waals surface area contributed by atoms with Crippen LogP contribution in [0, 0.1) is 10.5 Å². The monoisotopic (exact) mass is 557 g/mol. The van der Waals surface area contributed by atoms with Gasteiger partial charge in [-0.1, -0.05) is 24.3 Å². The van der Waals surface area contributed by atoms with Crippen LogP contribution < -0.4 is 9.62 Å². The maximum absolute atomic E-state index is 13.3. The molecular weight excluding hydrogens is 529 g/mol. The summed E-state index contributed by atoms with van der Waals surface area (Å²) in [7, 11) is -3.71. The highest BCUT2D eigenvalue weighted by Crippen LogP contribution is 2.21. The number of halogens is 1. The topological polar surface area (TPSA) is 86.8 Å². The average Bonchev–Trinajstić information content (AvgIpc) is 2.71. The number of likely N-dealkylation sites (N-methyl/N-ethyl adjacent to an activating group) is 1. The van der Waals surface area contributed by atoms with E-state index in [2.05, 4.69) is 27.9 Å². The summed E-state index contributed by atoms with van der Waals surface area (Å²) in [6.07, 6.45) is 1.07. The predicted octanol–water partition coefficient (Wildman–Crippen LogP) is 2.92. The van der Waals surface area contributed by atoms with Crippen LogP contribution in [0.5, 0.6) is 0 Å². The summed E-state index contributed by atoms with van der Waals surface area (Å²) in [5.74, 6) is -0.740. The molecule has 2 amide bonds. The van der Waals surface area contributed by atoms with Gasteiger partial charge in [0.05, 0.1) is 11.9 Å². The van der Waals surface area contributed by atoms with E-state index < -0.39 is 28.5 Å². The minimum atomic E-state index is -3.71. The number of nitrogens with zero attached hydrogens (tertiary/aromatic N) is 2. The van der Waals surface area contributed by atoms with E-state index >= 15 is 0 Å². The molecule has 31 heavy (non-hydrogen) atoms. The maximum Gasteiger partial charge on any atom is 0.244 e. The van der Waals surface area contributed by atoms with Gasteiger partial charge in [0.25, 0.3) is 0 Å². The quantitative estimate of drug-likeness (QED) is 0.481. The highest BCUT2D eigenvalue weighted by molar-refractivity contribution is 14.1. The first-order valence-corrected chi connectivity index (χ1v) is 12.8. The second kappa shape index (κ2) is 10.9. The first-order valence-electron chi connectivity index (χ1n) is 9.89. The standard InChI is InChI=1S/C22H28IN3O4S/c1-5-24-22(28)17(3)25(14-18-9-7-6-8-16(18)2)21(27)15-26(31(4,29)30)20-12-10-19(23)11-13-20/h6-13,17H,5,14-15H2,1-4H3,(H,24,28)/t17-/m0/s1. The molecule has 7 nitrogen and oxygen atoms in total. The molecule has 0 aromatic heterocycles. The van der Waals surface area contributed by atoms with Crippen molar-refractivity contribution in [2.45, 2.75) is 33.4 Å². The lowest BCUT2D eigenvalue weighted by atomic mass is 10.1.